The van der Waals surface area contributed by atoms with Crippen LogP contribution in [-0.2, 0) is 28.5 Å². The lowest BCUT2D eigenvalue weighted by Crippen LogP contribution is -2.44. The van der Waals surface area contributed by atoms with Crippen LogP contribution in [0.4, 0.5) is 0 Å². The molecule has 0 aromatic carbocycles. The Labute approximate surface area is 125 Å². The van der Waals surface area contributed by atoms with Crippen molar-refractivity contribution in [2.75, 3.05) is 13.2 Å². The molecule has 0 N–H and O–H groups in total. The van der Waals surface area contributed by atoms with Gasteiger partial charge in [0.1, 0.15) is 12.2 Å². The average Bonchev–Trinajstić information content (AvgIpc) is 2.94. The Hall–Kier alpha value is -0.220. The first-order valence-electron chi connectivity index (χ1n) is 6.07. The Balaban J connectivity index is 2.04. The fraction of sp³-hybridized carbons (Fsp3) is 0.750. The van der Waals surface area contributed by atoms with Crippen molar-refractivity contribution in [1.82, 2.24) is 0 Å². The predicted molar refractivity (Wildman–Crippen MR) is 73.6 cm³/mol. The third-order valence-electron chi connectivity index (χ3n) is 2.92. The molecule has 4 atom stereocenters. The van der Waals surface area contributed by atoms with Crippen LogP contribution in [0.3, 0.4) is 0 Å². The molecular weight excluding hydrogens is 367 g/mol. The van der Waals surface area contributed by atoms with Crippen LogP contribution in [0.15, 0.2) is 10.2 Å². The Morgan fingerprint density at radius 2 is 1.68 bits per heavy atom. The second-order valence-corrected chi connectivity index (χ2v) is 5.73. The minimum absolute atomic E-state index is 0.307. The van der Waals surface area contributed by atoms with Gasteiger partial charge in [0.15, 0.2) is 18.7 Å². The molecular formula is C12H17IO6. The molecule has 0 saturated carbocycles. The van der Waals surface area contributed by atoms with Crippen LogP contribution in [0.25, 0.3) is 0 Å². The number of halogens is 1. The minimum Gasteiger partial charge on any atom is -0.453 e. The van der Waals surface area contributed by atoms with Crippen LogP contribution in [0, 0.1) is 0 Å². The van der Waals surface area contributed by atoms with Crippen LogP contribution >= 0.6 is 22.6 Å². The zero-order valence-electron chi connectivity index (χ0n) is 10.8. The van der Waals surface area contributed by atoms with Crippen molar-refractivity contribution < 1.29 is 28.5 Å². The summed E-state index contributed by atoms with van der Waals surface area (Å²) in [7, 11) is 0. The molecule has 2 rings (SSSR count). The summed E-state index contributed by atoms with van der Waals surface area (Å²) in [5.74, 6) is -0.475. The first-order chi connectivity index (χ1) is 8.97. The summed E-state index contributed by atoms with van der Waals surface area (Å²) in [6.45, 7) is 7.88. The smallest absolute Gasteiger partial charge is 0.344 e. The van der Waals surface area contributed by atoms with Crippen molar-refractivity contribution in [2.24, 2.45) is 0 Å². The molecule has 0 radical (unpaired) electrons. The van der Waals surface area contributed by atoms with Crippen LogP contribution in [0.2, 0.25) is 0 Å². The van der Waals surface area contributed by atoms with Gasteiger partial charge in [-0.05, 0) is 36.4 Å². The van der Waals surface area contributed by atoms with Gasteiger partial charge in [0.25, 0.3) is 0 Å². The van der Waals surface area contributed by atoms with Crippen LogP contribution in [0.1, 0.15) is 13.8 Å². The van der Waals surface area contributed by atoms with Gasteiger partial charge in [-0.1, -0.05) is 6.58 Å². The molecule has 6 nitrogen and oxygen atoms in total. The molecule has 0 aromatic heterocycles. The van der Waals surface area contributed by atoms with Crippen LogP contribution in [-0.4, -0.2) is 50.1 Å². The lowest BCUT2D eigenvalue weighted by Gasteiger charge is -2.26. The summed E-state index contributed by atoms with van der Waals surface area (Å²) in [6, 6.07) is 0. The van der Waals surface area contributed by atoms with Crippen molar-refractivity contribution in [1.29, 1.82) is 0 Å². The molecule has 2 aliphatic heterocycles. The molecule has 7 heteroatoms. The van der Waals surface area contributed by atoms with Crippen molar-refractivity contribution in [3.05, 3.63) is 10.2 Å². The van der Waals surface area contributed by atoms with E-state index in [4.69, 9.17) is 23.7 Å². The van der Waals surface area contributed by atoms with Gasteiger partial charge in [-0.3, -0.25) is 0 Å². The highest BCUT2D eigenvalue weighted by Crippen LogP contribution is 2.25. The molecule has 0 bridgehead atoms. The first-order valence-corrected chi connectivity index (χ1v) is 7.14. The van der Waals surface area contributed by atoms with E-state index in [2.05, 4.69) is 6.58 Å². The largest absolute Gasteiger partial charge is 0.453 e. The van der Waals surface area contributed by atoms with Gasteiger partial charge in [0.2, 0.25) is 0 Å². The lowest BCUT2D eigenvalue weighted by atomic mass is 10.1. The monoisotopic (exact) mass is 384 g/mol. The number of hydrogen-bond acceptors (Lipinski definition) is 6. The van der Waals surface area contributed by atoms with E-state index in [1.54, 1.807) is 13.8 Å². The number of hydrogen-bond donors (Lipinski definition) is 0. The zero-order chi connectivity index (χ0) is 14.0. The Bertz CT molecular complexity index is 340. The van der Waals surface area contributed by atoms with E-state index in [0.29, 0.717) is 16.8 Å². The van der Waals surface area contributed by atoms with E-state index in [-0.39, 0.29) is 24.8 Å². The fourth-order valence-corrected chi connectivity index (χ4v) is 2.16. The maximum absolute atomic E-state index is 11.7. The van der Waals surface area contributed by atoms with E-state index in [0.717, 1.165) is 0 Å². The highest BCUT2D eigenvalue weighted by molar-refractivity contribution is 14.1. The lowest BCUT2D eigenvalue weighted by molar-refractivity contribution is -0.165. The molecule has 108 valence electrons. The number of ether oxygens (including phenoxy) is 5. The molecule has 0 spiro atoms. The molecule has 2 aliphatic rings. The summed E-state index contributed by atoms with van der Waals surface area (Å²) < 4.78 is 27.6. The summed E-state index contributed by atoms with van der Waals surface area (Å²) in [6.07, 6.45) is -1.89. The Morgan fingerprint density at radius 3 is 2.00 bits per heavy atom. The molecule has 0 aliphatic carbocycles. The fourth-order valence-electron chi connectivity index (χ4n) is 2.03. The highest BCUT2D eigenvalue weighted by Gasteiger charge is 2.42. The number of esters is 1. The van der Waals surface area contributed by atoms with Gasteiger partial charge in [-0.25, -0.2) is 4.79 Å². The third-order valence-corrected chi connectivity index (χ3v) is 3.36. The summed E-state index contributed by atoms with van der Waals surface area (Å²) in [5, 5.41) is 0. The SMILES string of the molecule is C=C(I)C(=O)OC(C1COC(C)O1)C1COC(C)O1. The second kappa shape index (κ2) is 6.49. The van der Waals surface area contributed by atoms with E-state index in [1.165, 1.54) is 0 Å². The first kappa shape index (κ1) is 15.2. The molecule has 0 amide bonds. The minimum atomic E-state index is -0.561. The van der Waals surface area contributed by atoms with Gasteiger partial charge in [-0.15, -0.1) is 0 Å². The molecule has 2 heterocycles. The van der Waals surface area contributed by atoms with Crippen molar-refractivity contribution in [2.45, 2.75) is 44.7 Å². The van der Waals surface area contributed by atoms with Gasteiger partial charge < -0.3 is 23.7 Å². The Kier molecular flexibility index (Phi) is 5.18. The summed E-state index contributed by atoms with van der Waals surface area (Å²) in [5.41, 5.74) is 0. The van der Waals surface area contributed by atoms with Crippen molar-refractivity contribution in [3.63, 3.8) is 0 Å². The average molecular weight is 384 g/mol. The van der Waals surface area contributed by atoms with Crippen molar-refractivity contribution >= 4 is 28.6 Å². The summed E-state index contributed by atoms with van der Waals surface area (Å²) in [4.78, 5) is 11.7. The normalized spacial score (nSPS) is 36.2. The highest BCUT2D eigenvalue weighted by atomic mass is 127. The molecule has 4 unspecified atom stereocenters. The topological polar surface area (TPSA) is 63.2 Å². The maximum atomic E-state index is 11.7. The molecule has 0 aromatic rings. The summed E-state index contributed by atoms with van der Waals surface area (Å²) >= 11 is 1.82. The zero-order valence-corrected chi connectivity index (χ0v) is 13.0. The van der Waals surface area contributed by atoms with Gasteiger partial charge in [0, 0.05) is 0 Å². The second-order valence-electron chi connectivity index (χ2n) is 4.43. The van der Waals surface area contributed by atoms with E-state index in [9.17, 15) is 4.79 Å². The quantitative estimate of drug-likeness (QED) is 0.415. The van der Waals surface area contributed by atoms with Gasteiger partial charge in [-0.2, -0.15) is 0 Å². The van der Waals surface area contributed by atoms with Crippen LogP contribution < -0.4 is 0 Å². The molecule has 2 fully saturated rings. The number of carbonyl (C=O) groups excluding carboxylic acids is 1. The molecule has 2 saturated heterocycles. The number of carbonyl (C=O) groups is 1. The van der Waals surface area contributed by atoms with Crippen LogP contribution in [0.5, 0.6) is 0 Å². The van der Waals surface area contributed by atoms with E-state index < -0.39 is 12.1 Å². The standard InChI is InChI=1S/C12H17IO6/c1-6(13)12(14)19-11(9-4-15-7(2)17-9)10-5-16-8(3)18-10/h7-11H,1,4-5H2,2-3H3. The van der Waals surface area contributed by atoms with E-state index in [1.807, 2.05) is 22.6 Å². The van der Waals surface area contributed by atoms with Gasteiger partial charge in [0.05, 0.1) is 16.8 Å². The number of rotatable bonds is 4. The molecule has 19 heavy (non-hydrogen) atoms. The maximum Gasteiger partial charge on any atom is 0.344 e. The third kappa shape index (κ3) is 3.88. The van der Waals surface area contributed by atoms with E-state index >= 15 is 0 Å². The Morgan fingerprint density at radius 1 is 1.21 bits per heavy atom. The van der Waals surface area contributed by atoms with Crippen molar-refractivity contribution in [3.8, 4) is 0 Å². The predicted octanol–water partition coefficient (Wildman–Crippen LogP) is 1.37. The van der Waals surface area contributed by atoms with Gasteiger partial charge >= 0.3 is 5.97 Å².